The summed E-state index contributed by atoms with van der Waals surface area (Å²) in [5, 5.41) is 0.897. The zero-order valence-electron chi connectivity index (χ0n) is 8.37. The molecular formula is C12H10Cl2N2. The first kappa shape index (κ1) is 11.1. The molecule has 2 aromatic carbocycles. The molecule has 2 aromatic rings. The van der Waals surface area contributed by atoms with Gasteiger partial charge in [-0.15, -0.1) is 0 Å². The number of nitrogen functional groups attached to an aromatic ring is 2. The normalized spacial score (nSPS) is 10.4. The molecule has 0 heterocycles. The molecule has 0 unspecified atom stereocenters. The Labute approximate surface area is 104 Å². The van der Waals surface area contributed by atoms with Gasteiger partial charge < -0.3 is 11.5 Å². The molecule has 0 aliphatic carbocycles. The number of hydrogen-bond acceptors (Lipinski definition) is 2. The maximum absolute atomic E-state index is 6.13. The first-order valence-corrected chi connectivity index (χ1v) is 5.44. The molecule has 0 aliphatic heterocycles. The van der Waals surface area contributed by atoms with Gasteiger partial charge in [0.05, 0.1) is 10.0 Å². The van der Waals surface area contributed by atoms with Crippen molar-refractivity contribution >= 4 is 34.6 Å². The molecule has 4 N–H and O–H groups in total. The van der Waals surface area contributed by atoms with Gasteiger partial charge in [-0.3, -0.25) is 0 Å². The average molecular weight is 253 g/mol. The maximum Gasteiger partial charge on any atom is 0.0672 e. The van der Waals surface area contributed by atoms with Gasteiger partial charge in [0.15, 0.2) is 0 Å². The van der Waals surface area contributed by atoms with Crippen molar-refractivity contribution in [2.45, 2.75) is 0 Å². The Morgan fingerprint density at radius 2 is 1.56 bits per heavy atom. The quantitative estimate of drug-likeness (QED) is 0.759. The molecule has 0 aromatic heterocycles. The number of nitrogens with two attached hydrogens (primary N) is 2. The molecule has 2 nitrogen and oxygen atoms in total. The van der Waals surface area contributed by atoms with Crippen molar-refractivity contribution in [2.24, 2.45) is 0 Å². The van der Waals surface area contributed by atoms with Gasteiger partial charge in [0.2, 0.25) is 0 Å². The fourth-order valence-corrected chi connectivity index (χ4v) is 1.99. The molecule has 4 heteroatoms. The second-order valence-corrected chi connectivity index (χ2v) is 4.24. The number of hydrogen-bond donors (Lipinski definition) is 2. The number of benzene rings is 2. The number of halogens is 2. The molecule has 0 spiro atoms. The van der Waals surface area contributed by atoms with E-state index in [1.807, 2.05) is 24.3 Å². The average Bonchev–Trinajstić information content (AvgIpc) is 2.24. The summed E-state index contributed by atoms with van der Waals surface area (Å²) < 4.78 is 0. The van der Waals surface area contributed by atoms with E-state index in [9.17, 15) is 0 Å². The number of para-hydroxylation sites is 1. The van der Waals surface area contributed by atoms with Crippen LogP contribution in [0.2, 0.25) is 10.0 Å². The summed E-state index contributed by atoms with van der Waals surface area (Å²) >= 11 is 12.1. The van der Waals surface area contributed by atoms with Crippen LogP contribution in [0.25, 0.3) is 11.1 Å². The highest BCUT2D eigenvalue weighted by Gasteiger charge is 2.10. The Morgan fingerprint density at radius 1 is 0.875 bits per heavy atom. The smallest absolute Gasteiger partial charge is 0.0672 e. The topological polar surface area (TPSA) is 52.0 Å². The lowest BCUT2D eigenvalue weighted by molar-refractivity contribution is 1.60. The largest absolute Gasteiger partial charge is 0.399 e. The van der Waals surface area contributed by atoms with Crippen molar-refractivity contribution in [1.29, 1.82) is 0 Å². The number of rotatable bonds is 1. The van der Waals surface area contributed by atoms with Crippen molar-refractivity contribution in [1.82, 2.24) is 0 Å². The third-order valence-electron chi connectivity index (χ3n) is 2.30. The minimum Gasteiger partial charge on any atom is -0.399 e. The summed E-state index contributed by atoms with van der Waals surface area (Å²) in [4.78, 5) is 0. The molecule has 0 saturated heterocycles. The Bertz CT molecular complexity index is 539. The van der Waals surface area contributed by atoms with Crippen molar-refractivity contribution in [2.75, 3.05) is 11.5 Å². The van der Waals surface area contributed by atoms with Gasteiger partial charge in [0, 0.05) is 22.5 Å². The lowest BCUT2D eigenvalue weighted by atomic mass is 10.0. The van der Waals surface area contributed by atoms with E-state index in [0.717, 1.165) is 11.1 Å². The minimum atomic E-state index is 0.430. The van der Waals surface area contributed by atoms with Crippen molar-refractivity contribution in [3.8, 4) is 11.1 Å². The zero-order valence-corrected chi connectivity index (χ0v) is 9.89. The molecule has 0 atom stereocenters. The molecule has 0 bridgehead atoms. The predicted octanol–water partition coefficient (Wildman–Crippen LogP) is 3.82. The van der Waals surface area contributed by atoms with Gasteiger partial charge in [-0.05, 0) is 18.2 Å². The van der Waals surface area contributed by atoms with Gasteiger partial charge >= 0.3 is 0 Å². The van der Waals surface area contributed by atoms with E-state index in [0.29, 0.717) is 21.4 Å². The summed E-state index contributed by atoms with van der Waals surface area (Å²) in [7, 11) is 0. The van der Waals surface area contributed by atoms with E-state index in [4.69, 9.17) is 34.7 Å². The molecule has 16 heavy (non-hydrogen) atoms. The Balaban J connectivity index is 2.69. The van der Waals surface area contributed by atoms with Gasteiger partial charge in [-0.25, -0.2) is 0 Å². The van der Waals surface area contributed by atoms with Gasteiger partial charge in [-0.1, -0.05) is 41.4 Å². The van der Waals surface area contributed by atoms with Crippen LogP contribution >= 0.6 is 23.2 Å². The molecule has 0 saturated carbocycles. The van der Waals surface area contributed by atoms with Crippen LogP contribution in [0, 0.1) is 0 Å². The molecule has 82 valence electrons. The summed E-state index contributed by atoms with van der Waals surface area (Å²) in [5.74, 6) is 0. The van der Waals surface area contributed by atoms with E-state index in [1.165, 1.54) is 0 Å². The van der Waals surface area contributed by atoms with Crippen LogP contribution in [0.15, 0.2) is 36.4 Å². The minimum absolute atomic E-state index is 0.430. The van der Waals surface area contributed by atoms with Gasteiger partial charge in [0.25, 0.3) is 0 Å². The third kappa shape index (κ3) is 1.94. The molecular weight excluding hydrogens is 243 g/mol. The maximum atomic E-state index is 6.13. The highest BCUT2D eigenvalue weighted by molar-refractivity contribution is 6.44. The van der Waals surface area contributed by atoms with Crippen molar-refractivity contribution in [3.05, 3.63) is 46.4 Å². The monoisotopic (exact) mass is 252 g/mol. The summed E-state index contributed by atoms with van der Waals surface area (Å²) in [6.07, 6.45) is 0. The lowest BCUT2D eigenvalue weighted by Gasteiger charge is -2.10. The Kier molecular flexibility index (Phi) is 2.95. The van der Waals surface area contributed by atoms with Crippen LogP contribution in [-0.2, 0) is 0 Å². The van der Waals surface area contributed by atoms with E-state index in [1.54, 1.807) is 12.1 Å². The molecule has 0 radical (unpaired) electrons. The first-order chi connectivity index (χ1) is 7.59. The highest BCUT2D eigenvalue weighted by Crippen LogP contribution is 2.37. The molecule has 0 aliphatic rings. The van der Waals surface area contributed by atoms with Crippen LogP contribution in [0.5, 0.6) is 0 Å². The van der Waals surface area contributed by atoms with Crippen LogP contribution in [0.1, 0.15) is 0 Å². The van der Waals surface area contributed by atoms with Crippen LogP contribution < -0.4 is 11.5 Å². The lowest BCUT2D eigenvalue weighted by Crippen LogP contribution is -1.92. The second kappa shape index (κ2) is 4.24. The van der Waals surface area contributed by atoms with Crippen LogP contribution in [0.3, 0.4) is 0 Å². The van der Waals surface area contributed by atoms with E-state index in [2.05, 4.69) is 0 Å². The summed E-state index contributed by atoms with van der Waals surface area (Å²) in [6.45, 7) is 0. The van der Waals surface area contributed by atoms with E-state index >= 15 is 0 Å². The first-order valence-electron chi connectivity index (χ1n) is 4.69. The van der Waals surface area contributed by atoms with Crippen LogP contribution in [0.4, 0.5) is 11.4 Å². The van der Waals surface area contributed by atoms with Gasteiger partial charge in [0.1, 0.15) is 0 Å². The fraction of sp³-hybridized carbons (Fsp3) is 0. The molecule has 0 amide bonds. The van der Waals surface area contributed by atoms with E-state index in [-0.39, 0.29) is 0 Å². The SMILES string of the molecule is Nc1cc(Cl)c(Cl)c(-c2ccccc2N)c1. The predicted molar refractivity (Wildman–Crippen MR) is 70.7 cm³/mol. The van der Waals surface area contributed by atoms with Crippen LogP contribution in [-0.4, -0.2) is 0 Å². The Morgan fingerprint density at radius 3 is 2.25 bits per heavy atom. The Hall–Kier alpha value is -1.38. The fourth-order valence-electron chi connectivity index (χ4n) is 1.55. The summed E-state index contributed by atoms with van der Waals surface area (Å²) in [5.41, 5.74) is 14.4. The van der Waals surface area contributed by atoms with Crippen molar-refractivity contribution in [3.63, 3.8) is 0 Å². The number of anilines is 2. The molecule has 0 fully saturated rings. The highest BCUT2D eigenvalue weighted by atomic mass is 35.5. The standard InChI is InChI=1S/C12H10Cl2N2/c13-10-6-7(15)5-9(12(10)14)8-3-1-2-4-11(8)16/h1-6H,15-16H2. The van der Waals surface area contributed by atoms with Crippen molar-refractivity contribution < 1.29 is 0 Å². The third-order valence-corrected chi connectivity index (χ3v) is 3.10. The summed E-state index contributed by atoms with van der Waals surface area (Å²) in [6, 6.07) is 10.8. The van der Waals surface area contributed by atoms with E-state index < -0.39 is 0 Å². The zero-order chi connectivity index (χ0) is 11.7. The molecule has 2 rings (SSSR count). The second-order valence-electron chi connectivity index (χ2n) is 3.45. The van der Waals surface area contributed by atoms with Gasteiger partial charge in [-0.2, -0.15) is 0 Å².